The first-order chi connectivity index (χ1) is 20.3. The molecule has 2 heterocycles. The van der Waals surface area contributed by atoms with E-state index in [1.807, 2.05) is 12.1 Å². The number of carbonyl (C=O) groups is 2. The summed E-state index contributed by atoms with van der Waals surface area (Å²) in [5, 5.41) is 10.3. The van der Waals surface area contributed by atoms with E-state index in [1.165, 1.54) is 29.8 Å². The number of benzene rings is 3. The number of aromatic nitrogens is 2. The zero-order valence-electron chi connectivity index (χ0n) is 24.5. The quantitative estimate of drug-likeness (QED) is 0.247. The molecule has 1 aliphatic rings. The van der Waals surface area contributed by atoms with Crippen LogP contribution >= 0.6 is 0 Å². The largest absolute Gasteiger partial charge is 0.442 e. The first-order valence-electron chi connectivity index (χ1n) is 14.1. The summed E-state index contributed by atoms with van der Waals surface area (Å²) >= 11 is 0. The van der Waals surface area contributed by atoms with Crippen molar-refractivity contribution in [2.45, 2.75) is 51.3 Å². The molecule has 2 N–H and O–H groups in total. The molecule has 0 spiro atoms. The van der Waals surface area contributed by atoms with Crippen LogP contribution in [0.5, 0.6) is 0 Å². The maximum Gasteiger partial charge on any atom is 0.435 e. The summed E-state index contributed by atoms with van der Waals surface area (Å²) in [5.41, 5.74) is 0.346. The summed E-state index contributed by atoms with van der Waals surface area (Å²) in [6.45, 7) is 7.18. The van der Waals surface area contributed by atoms with Gasteiger partial charge in [0.15, 0.2) is 5.82 Å². The molecule has 1 aliphatic heterocycles. The molecule has 0 radical (unpaired) electrons. The van der Waals surface area contributed by atoms with Gasteiger partial charge in [-0.05, 0) is 108 Å². The lowest BCUT2D eigenvalue weighted by atomic mass is 9.89. The Morgan fingerprint density at radius 1 is 0.953 bits per heavy atom. The molecular formula is C32H34F3N5O3. The van der Waals surface area contributed by atoms with Gasteiger partial charge in [0.25, 0.3) is 5.91 Å². The van der Waals surface area contributed by atoms with E-state index in [2.05, 4.69) is 27.7 Å². The third kappa shape index (κ3) is 6.99. The molecule has 1 saturated heterocycles. The number of nitrogens with one attached hydrogen (secondary N) is 2. The van der Waals surface area contributed by atoms with E-state index in [1.54, 1.807) is 45.0 Å². The number of likely N-dealkylation sites (tertiary alicyclic amines) is 1. The molecule has 0 saturated carbocycles. The summed E-state index contributed by atoms with van der Waals surface area (Å²) in [7, 11) is 2.11. The zero-order chi connectivity index (χ0) is 30.9. The van der Waals surface area contributed by atoms with Crippen LogP contribution in [0.25, 0.3) is 10.9 Å². The average molecular weight is 594 g/mol. The van der Waals surface area contributed by atoms with Gasteiger partial charge in [-0.25, -0.2) is 4.79 Å². The van der Waals surface area contributed by atoms with Crippen molar-refractivity contribution in [1.82, 2.24) is 14.7 Å². The standard InChI is InChI=1S/C32H34F3N5O3/c1-31(2,3)43-30(42)40-27-19-23(36-26-8-6-5-7-25(26)32(33,34)35)13-14-24(27)28(38-40)37-29(41)22-11-9-20(10-12-22)21-15-17-39(4)18-16-21/h5-14,19,21,36H,15-18H2,1-4H3,(H,37,38,41). The van der Waals surface area contributed by atoms with E-state index in [9.17, 15) is 22.8 Å². The molecule has 5 rings (SSSR count). The van der Waals surface area contributed by atoms with Crippen molar-refractivity contribution in [3.05, 3.63) is 83.4 Å². The van der Waals surface area contributed by atoms with E-state index in [0.717, 1.165) is 36.7 Å². The maximum atomic E-state index is 13.6. The van der Waals surface area contributed by atoms with Crippen LogP contribution in [0.3, 0.4) is 0 Å². The lowest BCUT2D eigenvalue weighted by Crippen LogP contribution is -2.29. The third-order valence-electron chi connectivity index (χ3n) is 7.35. The van der Waals surface area contributed by atoms with Gasteiger partial charge >= 0.3 is 12.3 Å². The van der Waals surface area contributed by atoms with Crippen molar-refractivity contribution in [2.24, 2.45) is 0 Å². The number of alkyl halides is 3. The molecule has 0 unspecified atom stereocenters. The summed E-state index contributed by atoms with van der Waals surface area (Å²) in [6, 6.07) is 17.2. The third-order valence-corrected chi connectivity index (χ3v) is 7.35. The number of carbonyl (C=O) groups excluding carboxylic acids is 2. The summed E-state index contributed by atoms with van der Waals surface area (Å²) in [5.74, 6) is 0.159. The number of ether oxygens (including phenoxy) is 1. The molecule has 0 atom stereocenters. The van der Waals surface area contributed by atoms with E-state index < -0.39 is 29.3 Å². The molecule has 1 aromatic heterocycles. The maximum absolute atomic E-state index is 13.6. The highest BCUT2D eigenvalue weighted by molar-refractivity contribution is 6.09. The normalized spacial score (nSPS) is 15.0. The van der Waals surface area contributed by atoms with Crippen LogP contribution in [0.2, 0.25) is 0 Å². The summed E-state index contributed by atoms with van der Waals surface area (Å²) < 4.78 is 47.2. The van der Waals surface area contributed by atoms with Gasteiger partial charge in [-0.1, -0.05) is 24.3 Å². The number of para-hydroxylation sites is 1. The predicted molar refractivity (Wildman–Crippen MR) is 160 cm³/mol. The fraction of sp³-hybridized carbons (Fsp3) is 0.344. The number of nitrogens with zero attached hydrogens (tertiary/aromatic N) is 3. The van der Waals surface area contributed by atoms with Crippen LogP contribution in [0.4, 0.5) is 35.2 Å². The van der Waals surface area contributed by atoms with Crippen LogP contribution in [-0.2, 0) is 10.9 Å². The Morgan fingerprint density at radius 2 is 1.63 bits per heavy atom. The fourth-order valence-corrected chi connectivity index (χ4v) is 5.15. The first-order valence-corrected chi connectivity index (χ1v) is 14.1. The highest BCUT2D eigenvalue weighted by Crippen LogP contribution is 2.37. The fourth-order valence-electron chi connectivity index (χ4n) is 5.15. The van der Waals surface area contributed by atoms with Crippen LogP contribution < -0.4 is 10.6 Å². The zero-order valence-corrected chi connectivity index (χ0v) is 24.5. The van der Waals surface area contributed by atoms with Gasteiger partial charge in [-0.3, -0.25) is 4.79 Å². The monoisotopic (exact) mass is 593 g/mol. The van der Waals surface area contributed by atoms with Gasteiger partial charge < -0.3 is 20.3 Å². The van der Waals surface area contributed by atoms with Crippen LogP contribution in [0.1, 0.15) is 61.0 Å². The van der Waals surface area contributed by atoms with Crippen molar-refractivity contribution in [3.63, 3.8) is 0 Å². The Hall–Kier alpha value is -4.38. The number of amides is 1. The second-order valence-corrected chi connectivity index (χ2v) is 11.8. The van der Waals surface area contributed by atoms with Crippen molar-refractivity contribution >= 4 is 40.1 Å². The highest BCUT2D eigenvalue weighted by atomic mass is 19.4. The minimum atomic E-state index is -4.56. The van der Waals surface area contributed by atoms with Gasteiger partial charge in [-0.15, -0.1) is 5.10 Å². The van der Waals surface area contributed by atoms with Crippen molar-refractivity contribution in [3.8, 4) is 0 Å². The van der Waals surface area contributed by atoms with Crippen molar-refractivity contribution in [1.29, 1.82) is 0 Å². The second-order valence-electron chi connectivity index (χ2n) is 11.8. The number of hydrogen-bond acceptors (Lipinski definition) is 6. The molecule has 0 bridgehead atoms. The molecule has 11 heteroatoms. The van der Waals surface area contributed by atoms with Crippen LogP contribution in [0, 0.1) is 0 Å². The Kier molecular flexibility index (Phi) is 8.20. The van der Waals surface area contributed by atoms with E-state index in [0.29, 0.717) is 16.9 Å². The Morgan fingerprint density at radius 3 is 2.28 bits per heavy atom. The van der Waals surface area contributed by atoms with Gasteiger partial charge in [0.2, 0.25) is 0 Å². The lowest BCUT2D eigenvalue weighted by Gasteiger charge is -2.29. The number of hydrogen-bond donors (Lipinski definition) is 2. The van der Waals surface area contributed by atoms with Gasteiger partial charge in [0, 0.05) is 16.6 Å². The van der Waals surface area contributed by atoms with Gasteiger partial charge in [0.1, 0.15) is 5.60 Å². The van der Waals surface area contributed by atoms with E-state index >= 15 is 0 Å². The highest BCUT2D eigenvalue weighted by Gasteiger charge is 2.33. The average Bonchev–Trinajstić information content (AvgIpc) is 3.30. The minimum absolute atomic E-state index is 0.118. The van der Waals surface area contributed by atoms with Gasteiger partial charge in [0.05, 0.1) is 16.8 Å². The molecule has 0 aliphatic carbocycles. The van der Waals surface area contributed by atoms with E-state index in [-0.39, 0.29) is 22.7 Å². The molecule has 43 heavy (non-hydrogen) atoms. The summed E-state index contributed by atoms with van der Waals surface area (Å²) in [6.07, 6.45) is -3.23. The Labute approximate surface area is 247 Å². The Bertz CT molecular complexity index is 1630. The van der Waals surface area contributed by atoms with Crippen molar-refractivity contribution in [2.75, 3.05) is 30.8 Å². The molecule has 8 nitrogen and oxygen atoms in total. The number of halogens is 3. The van der Waals surface area contributed by atoms with Gasteiger partial charge in [-0.2, -0.15) is 17.9 Å². The number of anilines is 3. The minimum Gasteiger partial charge on any atom is -0.442 e. The SMILES string of the molecule is CN1CCC(c2ccc(C(=O)Nc3nn(C(=O)OC(C)(C)C)c4cc(Nc5ccccc5C(F)(F)F)ccc34)cc2)CC1. The number of piperidine rings is 1. The van der Waals surface area contributed by atoms with Crippen LogP contribution in [0.15, 0.2) is 66.7 Å². The molecule has 226 valence electrons. The topological polar surface area (TPSA) is 88.5 Å². The van der Waals surface area contributed by atoms with Crippen molar-refractivity contribution < 1.29 is 27.5 Å². The number of fused-ring (bicyclic) bond motifs is 1. The molecule has 4 aromatic rings. The first kappa shape index (κ1) is 30.1. The molecular weight excluding hydrogens is 559 g/mol. The molecule has 1 amide bonds. The lowest BCUT2D eigenvalue weighted by molar-refractivity contribution is -0.136. The van der Waals surface area contributed by atoms with Crippen LogP contribution in [-0.4, -0.2) is 52.4 Å². The smallest absolute Gasteiger partial charge is 0.435 e. The Balaban J connectivity index is 1.44. The molecule has 1 fully saturated rings. The molecule has 3 aromatic carbocycles. The number of rotatable bonds is 5. The predicted octanol–water partition coefficient (Wildman–Crippen LogP) is 7.64. The van der Waals surface area contributed by atoms with E-state index in [4.69, 9.17) is 4.74 Å². The summed E-state index contributed by atoms with van der Waals surface area (Å²) in [4.78, 5) is 28.6. The second kappa shape index (κ2) is 11.7.